The van der Waals surface area contributed by atoms with E-state index in [4.69, 9.17) is 0 Å². The molecule has 2 aromatic rings. The zero-order valence-electron chi connectivity index (χ0n) is 8.57. The van der Waals surface area contributed by atoms with Gasteiger partial charge in [-0.1, -0.05) is 13.8 Å². The Morgan fingerprint density at radius 2 is 1.93 bits per heavy atom. The molecule has 0 atom stereocenters. The number of nitrogens with zero attached hydrogens (tertiary/aromatic N) is 2. The third kappa shape index (κ3) is 1.74. The normalized spacial score (nSPS) is 11.1. The van der Waals surface area contributed by atoms with Crippen LogP contribution in [0.1, 0.15) is 19.4 Å². The summed E-state index contributed by atoms with van der Waals surface area (Å²) < 4.78 is 0. The Hall–Kier alpha value is -1.44. The SMILES string of the molecule is CC(C)Cc1cncc2cnccc12. The van der Waals surface area contributed by atoms with Gasteiger partial charge in [-0.05, 0) is 29.4 Å². The molecule has 2 rings (SSSR count). The van der Waals surface area contributed by atoms with Crippen LogP contribution in [-0.2, 0) is 6.42 Å². The smallest absolute Gasteiger partial charge is 0.0362 e. The van der Waals surface area contributed by atoms with Gasteiger partial charge in [-0.2, -0.15) is 0 Å². The summed E-state index contributed by atoms with van der Waals surface area (Å²) in [5.74, 6) is 0.663. The van der Waals surface area contributed by atoms with Crippen molar-refractivity contribution in [1.82, 2.24) is 9.97 Å². The molecule has 0 aliphatic heterocycles. The first-order chi connectivity index (χ1) is 6.77. The highest BCUT2D eigenvalue weighted by Gasteiger charge is 2.03. The molecule has 0 saturated heterocycles. The van der Waals surface area contributed by atoms with Crippen molar-refractivity contribution >= 4 is 10.8 Å². The lowest BCUT2D eigenvalue weighted by molar-refractivity contribution is 0.649. The predicted octanol–water partition coefficient (Wildman–Crippen LogP) is 2.83. The number of hydrogen-bond donors (Lipinski definition) is 0. The highest BCUT2D eigenvalue weighted by Crippen LogP contribution is 2.18. The van der Waals surface area contributed by atoms with Gasteiger partial charge in [0.25, 0.3) is 0 Å². The van der Waals surface area contributed by atoms with E-state index in [1.807, 2.05) is 24.8 Å². The minimum absolute atomic E-state index is 0.663. The molecule has 2 nitrogen and oxygen atoms in total. The molecule has 0 aromatic carbocycles. The molecule has 0 N–H and O–H groups in total. The van der Waals surface area contributed by atoms with Crippen LogP contribution in [0.15, 0.2) is 30.9 Å². The van der Waals surface area contributed by atoms with Gasteiger partial charge in [0.1, 0.15) is 0 Å². The summed E-state index contributed by atoms with van der Waals surface area (Å²) in [6, 6.07) is 2.06. The molecule has 0 amide bonds. The minimum Gasteiger partial charge on any atom is -0.264 e. The molecule has 2 heteroatoms. The van der Waals surface area contributed by atoms with Crippen molar-refractivity contribution in [3.8, 4) is 0 Å². The van der Waals surface area contributed by atoms with Crippen LogP contribution < -0.4 is 0 Å². The summed E-state index contributed by atoms with van der Waals surface area (Å²) in [5.41, 5.74) is 1.32. The van der Waals surface area contributed by atoms with Crippen LogP contribution in [-0.4, -0.2) is 9.97 Å². The van der Waals surface area contributed by atoms with Gasteiger partial charge in [-0.15, -0.1) is 0 Å². The average Bonchev–Trinajstić information content (AvgIpc) is 2.18. The molecule has 0 bridgehead atoms. The standard InChI is InChI=1S/C12H14N2/c1-9(2)5-10-6-14-8-11-7-13-4-3-12(10)11/h3-4,6-9H,5H2,1-2H3. The molecule has 2 heterocycles. The Labute approximate surface area is 84.0 Å². The second-order valence-corrected chi connectivity index (χ2v) is 3.99. The summed E-state index contributed by atoms with van der Waals surface area (Å²) in [6.07, 6.45) is 8.61. The molecular formula is C12H14N2. The van der Waals surface area contributed by atoms with Crippen LogP contribution in [0.3, 0.4) is 0 Å². The van der Waals surface area contributed by atoms with Crippen LogP contribution >= 0.6 is 0 Å². The fourth-order valence-electron chi connectivity index (χ4n) is 1.68. The van der Waals surface area contributed by atoms with Gasteiger partial charge in [0.05, 0.1) is 0 Å². The zero-order chi connectivity index (χ0) is 9.97. The fourth-order valence-corrected chi connectivity index (χ4v) is 1.68. The lowest BCUT2D eigenvalue weighted by atomic mass is 10.0. The van der Waals surface area contributed by atoms with Crippen LogP contribution in [0, 0.1) is 5.92 Å². The first-order valence-corrected chi connectivity index (χ1v) is 4.94. The number of rotatable bonds is 2. The second-order valence-electron chi connectivity index (χ2n) is 3.99. The molecule has 0 unspecified atom stereocenters. The van der Waals surface area contributed by atoms with Crippen molar-refractivity contribution < 1.29 is 0 Å². The van der Waals surface area contributed by atoms with Crippen molar-refractivity contribution in [1.29, 1.82) is 0 Å². The Morgan fingerprint density at radius 1 is 1.14 bits per heavy atom. The molecule has 14 heavy (non-hydrogen) atoms. The topological polar surface area (TPSA) is 25.8 Å². The predicted molar refractivity (Wildman–Crippen MR) is 58.1 cm³/mol. The molecule has 72 valence electrons. The second kappa shape index (κ2) is 3.74. The van der Waals surface area contributed by atoms with Gasteiger partial charge < -0.3 is 0 Å². The van der Waals surface area contributed by atoms with Crippen molar-refractivity contribution in [2.24, 2.45) is 5.92 Å². The van der Waals surface area contributed by atoms with Crippen molar-refractivity contribution in [3.05, 3.63) is 36.4 Å². The van der Waals surface area contributed by atoms with E-state index in [-0.39, 0.29) is 0 Å². The Balaban J connectivity index is 2.53. The number of fused-ring (bicyclic) bond motifs is 1. The Kier molecular flexibility index (Phi) is 2.44. The van der Waals surface area contributed by atoms with Crippen molar-refractivity contribution in [3.63, 3.8) is 0 Å². The number of hydrogen-bond acceptors (Lipinski definition) is 2. The number of pyridine rings is 2. The summed E-state index contributed by atoms with van der Waals surface area (Å²) in [6.45, 7) is 4.44. The minimum atomic E-state index is 0.663. The largest absolute Gasteiger partial charge is 0.264 e. The van der Waals surface area contributed by atoms with Crippen LogP contribution in [0.2, 0.25) is 0 Å². The summed E-state index contributed by atoms with van der Waals surface area (Å²) >= 11 is 0. The van der Waals surface area contributed by atoms with E-state index in [1.54, 1.807) is 0 Å². The van der Waals surface area contributed by atoms with Crippen molar-refractivity contribution in [2.45, 2.75) is 20.3 Å². The molecular weight excluding hydrogens is 172 g/mol. The first-order valence-electron chi connectivity index (χ1n) is 4.94. The highest BCUT2D eigenvalue weighted by molar-refractivity contribution is 5.83. The molecule has 0 aliphatic carbocycles. The summed E-state index contributed by atoms with van der Waals surface area (Å²) in [7, 11) is 0. The molecule has 2 aromatic heterocycles. The van der Waals surface area contributed by atoms with E-state index in [1.165, 1.54) is 10.9 Å². The fraction of sp³-hybridized carbons (Fsp3) is 0.333. The zero-order valence-corrected chi connectivity index (χ0v) is 8.57. The van der Waals surface area contributed by atoms with E-state index in [0.717, 1.165) is 11.8 Å². The van der Waals surface area contributed by atoms with Gasteiger partial charge in [-0.25, -0.2) is 0 Å². The Morgan fingerprint density at radius 3 is 2.71 bits per heavy atom. The van der Waals surface area contributed by atoms with E-state index >= 15 is 0 Å². The molecule has 0 saturated carbocycles. The van der Waals surface area contributed by atoms with Gasteiger partial charge in [0.2, 0.25) is 0 Å². The van der Waals surface area contributed by atoms with Gasteiger partial charge in [-0.3, -0.25) is 9.97 Å². The number of aromatic nitrogens is 2. The maximum atomic E-state index is 4.23. The van der Waals surface area contributed by atoms with E-state index in [9.17, 15) is 0 Å². The maximum Gasteiger partial charge on any atom is 0.0362 e. The summed E-state index contributed by atoms with van der Waals surface area (Å²) in [4.78, 5) is 8.32. The van der Waals surface area contributed by atoms with Gasteiger partial charge in [0, 0.05) is 30.2 Å². The van der Waals surface area contributed by atoms with Gasteiger partial charge >= 0.3 is 0 Å². The van der Waals surface area contributed by atoms with Crippen molar-refractivity contribution in [2.75, 3.05) is 0 Å². The molecule has 0 fully saturated rings. The Bertz CT molecular complexity index is 430. The van der Waals surface area contributed by atoms with Gasteiger partial charge in [0.15, 0.2) is 0 Å². The first kappa shape index (κ1) is 9.13. The monoisotopic (exact) mass is 186 g/mol. The molecule has 0 radical (unpaired) electrons. The van der Waals surface area contributed by atoms with E-state index < -0.39 is 0 Å². The van der Waals surface area contributed by atoms with Crippen LogP contribution in [0.4, 0.5) is 0 Å². The highest BCUT2D eigenvalue weighted by atomic mass is 14.7. The third-order valence-electron chi connectivity index (χ3n) is 2.27. The summed E-state index contributed by atoms with van der Waals surface area (Å²) in [5, 5.41) is 2.41. The third-order valence-corrected chi connectivity index (χ3v) is 2.27. The molecule has 0 aliphatic rings. The maximum absolute atomic E-state index is 4.23. The lowest BCUT2D eigenvalue weighted by Gasteiger charge is -2.07. The quantitative estimate of drug-likeness (QED) is 0.720. The van der Waals surface area contributed by atoms with Crippen LogP contribution in [0.25, 0.3) is 10.8 Å². The van der Waals surface area contributed by atoms with E-state index in [0.29, 0.717) is 5.92 Å². The average molecular weight is 186 g/mol. The lowest BCUT2D eigenvalue weighted by Crippen LogP contribution is -1.96. The van der Waals surface area contributed by atoms with E-state index in [2.05, 4.69) is 29.9 Å². The van der Waals surface area contributed by atoms with Crippen LogP contribution in [0.5, 0.6) is 0 Å². The molecule has 0 spiro atoms.